The molecule has 0 saturated carbocycles. The van der Waals surface area contributed by atoms with Crippen molar-refractivity contribution >= 4 is 17.5 Å². The van der Waals surface area contributed by atoms with Gasteiger partial charge in [-0.25, -0.2) is 0 Å². The fraction of sp³-hybridized carbons (Fsp3) is 0.211. The van der Waals surface area contributed by atoms with Gasteiger partial charge in [0.05, 0.1) is 6.20 Å². The summed E-state index contributed by atoms with van der Waals surface area (Å²) in [6.07, 6.45) is 2.54. The number of benzene rings is 2. The molecule has 0 radical (unpaired) electrons. The van der Waals surface area contributed by atoms with E-state index in [1.54, 1.807) is 6.20 Å². The molecule has 0 aliphatic rings. The highest BCUT2D eigenvalue weighted by Crippen LogP contribution is 2.20. The van der Waals surface area contributed by atoms with Crippen LogP contribution in [0.5, 0.6) is 0 Å². The Morgan fingerprint density at radius 1 is 1.00 bits per heavy atom. The number of rotatable bonds is 6. The zero-order valence-corrected chi connectivity index (χ0v) is 14.0. The second kappa shape index (κ2) is 7.55. The van der Waals surface area contributed by atoms with E-state index in [4.69, 9.17) is 0 Å². The van der Waals surface area contributed by atoms with Gasteiger partial charge >= 0.3 is 0 Å². The molecule has 24 heavy (non-hydrogen) atoms. The molecule has 122 valence electrons. The monoisotopic (exact) mass is 319 g/mol. The predicted octanol–water partition coefficient (Wildman–Crippen LogP) is 3.89. The number of hydrogen-bond donors (Lipinski definition) is 2. The van der Waals surface area contributed by atoms with Crippen LogP contribution in [0.4, 0.5) is 17.5 Å². The third-order valence-electron chi connectivity index (χ3n) is 3.74. The van der Waals surface area contributed by atoms with E-state index in [-0.39, 0.29) is 0 Å². The first kappa shape index (κ1) is 15.9. The highest BCUT2D eigenvalue weighted by atomic mass is 15.3. The van der Waals surface area contributed by atoms with Gasteiger partial charge in [0.25, 0.3) is 0 Å². The van der Waals surface area contributed by atoms with Crippen LogP contribution < -0.4 is 10.6 Å². The van der Waals surface area contributed by atoms with Crippen molar-refractivity contribution in [3.8, 4) is 0 Å². The van der Waals surface area contributed by atoms with E-state index in [1.807, 2.05) is 18.2 Å². The largest absolute Gasteiger partial charge is 0.353 e. The Kier molecular flexibility index (Phi) is 5.01. The summed E-state index contributed by atoms with van der Waals surface area (Å²) in [5.41, 5.74) is 4.72. The average molecular weight is 319 g/mol. The van der Waals surface area contributed by atoms with Crippen LogP contribution in [0.1, 0.15) is 16.7 Å². The molecule has 5 nitrogen and oxygen atoms in total. The maximum Gasteiger partial charge on any atom is 0.244 e. The van der Waals surface area contributed by atoms with Crippen molar-refractivity contribution < 1.29 is 0 Å². The number of aryl methyl sites for hydroxylation is 2. The first-order valence-electron chi connectivity index (χ1n) is 8.02. The minimum atomic E-state index is 0.528. The molecule has 1 aromatic heterocycles. The second-order valence-electron chi connectivity index (χ2n) is 5.77. The fourth-order valence-electron chi connectivity index (χ4n) is 2.49. The molecular formula is C19H21N5. The quantitative estimate of drug-likeness (QED) is 0.722. The first-order chi connectivity index (χ1) is 11.7. The minimum absolute atomic E-state index is 0.528. The van der Waals surface area contributed by atoms with Crippen LogP contribution in [-0.4, -0.2) is 21.7 Å². The minimum Gasteiger partial charge on any atom is -0.353 e. The molecule has 0 spiro atoms. The van der Waals surface area contributed by atoms with Gasteiger partial charge in [-0.2, -0.15) is 10.1 Å². The van der Waals surface area contributed by atoms with Crippen molar-refractivity contribution in [2.45, 2.75) is 20.3 Å². The van der Waals surface area contributed by atoms with E-state index in [2.05, 4.69) is 70.0 Å². The molecule has 5 heteroatoms. The van der Waals surface area contributed by atoms with Gasteiger partial charge in [0, 0.05) is 12.2 Å². The molecule has 0 aliphatic heterocycles. The molecule has 2 N–H and O–H groups in total. The Hall–Kier alpha value is -2.95. The predicted molar refractivity (Wildman–Crippen MR) is 97.7 cm³/mol. The van der Waals surface area contributed by atoms with E-state index < -0.39 is 0 Å². The van der Waals surface area contributed by atoms with Crippen molar-refractivity contribution in [3.63, 3.8) is 0 Å². The third-order valence-corrected chi connectivity index (χ3v) is 3.74. The van der Waals surface area contributed by atoms with Crippen LogP contribution in [0.15, 0.2) is 54.7 Å². The maximum atomic E-state index is 4.47. The lowest BCUT2D eigenvalue weighted by molar-refractivity contribution is 0.929. The Bertz CT molecular complexity index is 802. The van der Waals surface area contributed by atoms with Crippen molar-refractivity contribution in [1.82, 2.24) is 15.2 Å². The summed E-state index contributed by atoms with van der Waals surface area (Å²) in [4.78, 5) is 4.47. The molecule has 2 aromatic carbocycles. The van der Waals surface area contributed by atoms with E-state index in [0.717, 1.165) is 18.7 Å². The third kappa shape index (κ3) is 4.29. The van der Waals surface area contributed by atoms with Crippen LogP contribution in [0.3, 0.4) is 0 Å². The van der Waals surface area contributed by atoms with E-state index in [9.17, 15) is 0 Å². The Morgan fingerprint density at radius 3 is 2.62 bits per heavy atom. The van der Waals surface area contributed by atoms with Gasteiger partial charge in [-0.05, 0) is 37.5 Å². The Morgan fingerprint density at radius 2 is 1.83 bits per heavy atom. The molecule has 0 atom stereocenters. The van der Waals surface area contributed by atoms with Crippen LogP contribution in [0.2, 0.25) is 0 Å². The average Bonchev–Trinajstić information content (AvgIpc) is 2.59. The zero-order chi connectivity index (χ0) is 16.8. The summed E-state index contributed by atoms with van der Waals surface area (Å²) < 4.78 is 0. The normalized spacial score (nSPS) is 10.4. The summed E-state index contributed by atoms with van der Waals surface area (Å²) >= 11 is 0. The van der Waals surface area contributed by atoms with Crippen LogP contribution in [-0.2, 0) is 6.42 Å². The van der Waals surface area contributed by atoms with Gasteiger partial charge in [0.1, 0.15) is 0 Å². The van der Waals surface area contributed by atoms with Crippen LogP contribution in [0.25, 0.3) is 0 Å². The Labute approximate surface area is 142 Å². The van der Waals surface area contributed by atoms with E-state index in [0.29, 0.717) is 11.8 Å². The number of anilines is 3. The van der Waals surface area contributed by atoms with E-state index in [1.165, 1.54) is 16.7 Å². The molecule has 0 amide bonds. The molecule has 1 heterocycles. The lowest BCUT2D eigenvalue weighted by Gasteiger charge is -2.10. The SMILES string of the molecule is Cc1ccc(Nc2cnnc(NCCc3ccccc3)n2)c(C)c1. The van der Waals surface area contributed by atoms with Gasteiger partial charge in [-0.1, -0.05) is 48.0 Å². The topological polar surface area (TPSA) is 62.7 Å². The van der Waals surface area contributed by atoms with Crippen molar-refractivity contribution in [3.05, 3.63) is 71.4 Å². The van der Waals surface area contributed by atoms with Gasteiger partial charge < -0.3 is 10.6 Å². The molecular weight excluding hydrogens is 298 g/mol. The number of nitrogens with zero attached hydrogens (tertiary/aromatic N) is 3. The smallest absolute Gasteiger partial charge is 0.244 e. The maximum absolute atomic E-state index is 4.47. The van der Waals surface area contributed by atoms with Gasteiger partial charge in [0.15, 0.2) is 5.82 Å². The number of hydrogen-bond acceptors (Lipinski definition) is 5. The molecule has 0 aliphatic carbocycles. The van der Waals surface area contributed by atoms with Gasteiger partial charge in [0.2, 0.25) is 5.95 Å². The molecule has 3 rings (SSSR count). The summed E-state index contributed by atoms with van der Waals surface area (Å²) in [5, 5.41) is 14.6. The second-order valence-corrected chi connectivity index (χ2v) is 5.77. The molecule has 0 bridgehead atoms. The summed E-state index contributed by atoms with van der Waals surface area (Å²) in [7, 11) is 0. The van der Waals surface area contributed by atoms with Crippen LogP contribution >= 0.6 is 0 Å². The lowest BCUT2D eigenvalue weighted by atomic mass is 10.1. The van der Waals surface area contributed by atoms with Gasteiger partial charge in [-0.3, -0.25) is 0 Å². The first-order valence-corrected chi connectivity index (χ1v) is 8.02. The standard InChI is InChI=1S/C19H21N5/c1-14-8-9-17(15(2)12-14)22-18-13-21-24-19(23-18)20-11-10-16-6-4-3-5-7-16/h3-9,12-13H,10-11H2,1-2H3,(H2,20,22,23,24). The molecule has 0 unspecified atom stereocenters. The number of nitrogens with one attached hydrogen (secondary N) is 2. The van der Waals surface area contributed by atoms with Crippen molar-refractivity contribution in [2.24, 2.45) is 0 Å². The lowest BCUT2D eigenvalue weighted by Crippen LogP contribution is -2.09. The molecule has 3 aromatic rings. The van der Waals surface area contributed by atoms with E-state index >= 15 is 0 Å². The van der Waals surface area contributed by atoms with Crippen molar-refractivity contribution in [1.29, 1.82) is 0 Å². The summed E-state index contributed by atoms with van der Waals surface area (Å²) in [6, 6.07) is 16.6. The zero-order valence-electron chi connectivity index (χ0n) is 14.0. The summed E-state index contributed by atoms with van der Waals surface area (Å²) in [5.74, 6) is 1.21. The Balaban J connectivity index is 1.61. The number of aromatic nitrogens is 3. The molecule has 0 fully saturated rings. The van der Waals surface area contributed by atoms with Crippen molar-refractivity contribution in [2.75, 3.05) is 17.2 Å². The fourth-order valence-corrected chi connectivity index (χ4v) is 2.49. The highest BCUT2D eigenvalue weighted by Gasteiger charge is 2.03. The highest BCUT2D eigenvalue weighted by molar-refractivity contribution is 5.60. The van der Waals surface area contributed by atoms with Crippen LogP contribution in [0, 0.1) is 13.8 Å². The molecule has 0 saturated heterocycles. The van der Waals surface area contributed by atoms with Gasteiger partial charge in [-0.15, -0.1) is 5.10 Å². The summed E-state index contributed by atoms with van der Waals surface area (Å²) in [6.45, 7) is 4.92.